The van der Waals surface area contributed by atoms with Crippen molar-refractivity contribution in [3.05, 3.63) is 47.5 Å². The summed E-state index contributed by atoms with van der Waals surface area (Å²) in [5.74, 6) is 1.23. The van der Waals surface area contributed by atoms with Gasteiger partial charge in [-0.15, -0.1) is 0 Å². The number of fused-ring (bicyclic) bond motifs is 1. The molecule has 0 aromatic heterocycles. The van der Waals surface area contributed by atoms with Gasteiger partial charge < -0.3 is 19.1 Å². The number of hydrogen-bond acceptors (Lipinski definition) is 5. The van der Waals surface area contributed by atoms with Gasteiger partial charge in [-0.3, -0.25) is 9.59 Å². The van der Waals surface area contributed by atoms with Crippen LogP contribution in [0.2, 0.25) is 0 Å². The van der Waals surface area contributed by atoms with Gasteiger partial charge in [0.2, 0.25) is 5.91 Å². The van der Waals surface area contributed by atoms with Crippen LogP contribution in [0.25, 0.3) is 0 Å². The molecule has 6 nitrogen and oxygen atoms in total. The van der Waals surface area contributed by atoms with Gasteiger partial charge in [0, 0.05) is 24.7 Å². The summed E-state index contributed by atoms with van der Waals surface area (Å²) in [5.41, 5.74) is 3.02. The molecule has 2 heterocycles. The molecule has 2 aliphatic heterocycles. The smallest absolute Gasteiger partial charge is 0.316 e. The largest absolute Gasteiger partial charge is 0.486 e. The minimum atomic E-state index is -0.499. The van der Waals surface area contributed by atoms with E-state index in [1.54, 1.807) is 17.0 Å². The second kappa shape index (κ2) is 7.78. The van der Waals surface area contributed by atoms with Gasteiger partial charge in [-0.25, -0.2) is 0 Å². The maximum absolute atomic E-state index is 12.7. The van der Waals surface area contributed by atoms with Crippen molar-refractivity contribution < 1.29 is 23.8 Å². The van der Waals surface area contributed by atoms with Crippen LogP contribution in [0, 0.1) is 12.8 Å². The first-order chi connectivity index (χ1) is 13.9. The van der Waals surface area contributed by atoms with Crippen LogP contribution in [0.3, 0.4) is 0 Å². The van der Waals surface area contributed by atoms with Crippen LogP contribution in [0.5, 0.6) is 17.2 Å². The Hall–Kier alpha value is -3.02. The van der Waals surface area contributed by atoms with Gasteiger partial charge in [0.25, 0.3) is 0 Å². The number of carbonyl (C=O) groups is 2. The Morgan fingerprint density at radius 3 is 2.59 bits per heavy atom. The first kappa shape index (κ1) is 19.3. The number of rotatable bonds is 4. The Bertz CT molecular complexity index is 952. The van der Waals surface area contributed by atoms with Gasteiger partial charge in [-0.2, -0.15) is 0 Å². The lowest BCUT2D eigenvalue weighted by molar-refractivity contribution is -0.139. The minimum Gasteiger partial charge on any atom is -0.486 e. The maximum atomic E-state index is 12.7. The van der Waals surface area contributed by atoms with E-state index in [9.17, 15) is 9.59 Å². The molecule has 0 saturated carbocycles. The van der Waals surface area contributed by atoms with Gasteiger partial charge in [-0.05, 0) is 48.2 Å². The van der Waals surface area contributed by atoms with Gasteiger partial charge in [0.15, 0.2) is 11.5 Å². The van der Waals surface area contributed by atoms with Crippen molar-refractivity contribution in [2.24, 2.45) is 5.92 Å². The number of benzene rings is 2. The lowest BCUT2D eigenvalue weighted by Gasteiger charge is -2.22. The van der Waals surface area contributed by atoms with Crippen molar-refractivity contribution in [3.63, 3.8) is 0 Å². The zero-order chi connectivity index (χ0) is 20.5. The third kappa shape index (κ3) is 3.92. The number of esters is 1. The van der Waals surface area contributed by atoms with E-state index in [2.05, 4.69) is 13.8 Å². The quantitative estimate of drug-likeness (QED) is 0.581. The van der Waals surface area contributed by atoms with E-state index in [1.807, 2.05) is 31.2 Å². The summed E-state index contributed by atoms with van der Waals surface area (Å²) in [5, 5.41) is 0. The summed E-state index contributed by atoms with van der Waals surface area (Å²) in [6.45, 7) is 7.56. The molecule has 0 unspecified atom stereocenters. The Morgan fingerprint density at radius 1 is 1.10 bits per heavy atom. The van der Waals surface area contributed by atoms with Gasteiger partial charge >= 0.3 is 5.97 Å². The number of aryl methyl sites for hydroxylation is 1. The Labute approximate surface area is 170 Å². The van der Waals surface area contributed by atoms with E-state index in [-0.39, 0.29) is 18.3 Å². The Balaban J connectivity index is 1.45. The first-order valence-corrected chi connectivity index (χ1v) is 9.94. The second-order valence-electron chi connectivity index (χ2n) is 7.83. The van der Waals surface area contributed by atoms with Crippen LogP contribution < -0.4 is 19.1 Å². The molecule has 1 atom stereocenters. The molecule has 6 heteroatoms. The van der Waals surface area contributed by atoms with Crippen molar-refractivity contribution in [1.82, 2.24) is 0 Å². The summed E-state index contributed by atoms with van der Waals surface area (Å²) in [4.78, 5) is 26.8. The molecule has 29 heavy (non-hydrogen) atoms. The Kier molecular flexibility index (Phi) is 5.18. The van der Waals surface area contributed by atoms with Gasteiger partial charge in [-0.1, -0.05) is 19.9 Å². The van der Waals surface area contributed by atoms with Crippen LogP contribution in [0.1, 0.15) is 37.3 Å². The highest BCUT2D eigenvalue weighted by molar-refractivity contribution is 6.00. The standard InChI is InChI=1S/C23H25NO5/c1-14(2)19-6-5-18(10-15(19)3)29-23(26)16-11-22(25)24(13-16)17-4-7-20-21(12-17)28-9-8-27-20/h4-7,10,12,14,16H,8-9,11,13H2,1-3H3/t16-/m1/s1. The minimum absolute atomic E-state index is 0.102. The highest BCUT2D eigenvalue weighted by Crippen LogP contribution is 2.36. The van der Waals surface area contributed by atoms with Crippen LogP contribution >= 0.6 is 0 Å². The lowest BCUT2D eigenvalue weighted by Crippen LogP contribution is -2.27. The molecule has 0 N–H and O–H groups in total. The van der Waals surface area contributed by atoms with Crippen molar-refractivity contribution >= 4 is 17.6 Å². The molecular formula is C23H25NO5. The van der Waals surface area contributed by atoms with Crippen molar-refractivity contribution in [2.45, 2.75) is 33.1 Å². The van der Waals surface area contributed by atoms with E-state index >= 15 is 0 Å². The average Bonchev–Trinajstić information content (AvgIpc) is 3.09. The molecule has 1 saturated heterocycles. The predicted octanol–water partition coefficient (Wildman–Crippen LogP) is 3.85. The van der Waals surface area contributed by atoms with Crippen molar-refractivity contribution in [2.75, 3.05) is 24.7 Å². The molecule has 152 valence electrons. The summed E-state index contributed by atoms with van der Waals surface area (Å²) >= 11 is 0. The number of amides is 1. The monoisotopic (exact) mass is 395 g/mol. The van der Waals surface area contributed by atoms with Crippen molar-refractivity contribution in [1.29, 1.82) is 0 Å². The highest BCUT2D eigenvalue weighted by atomic mass is 16.6. The molecule has 1 amide bonds. The molecule has 0 aliphatic carbocycles. The van der Waals surface area contributed by atoms with E-state index in [1.165, 1.54) is 5.56 Å². The normalized spacial score (nSPS) is 18.3. The molecule has 1 fully saturated rings. The zero-order valence-corrected chi connectivity index (χ0v) is 16.9. The fourth-order valence-electron chi connectivity index (χ4n) is 3.87. The molecular weight excluding hydrogens is 370 g/mol. The molecule has 0 radical (unpaired) electrons. The molecule has 0 spiro atoms. The number of carbonyl (C=O) groups excluding carboxylic acids is 2. The zero-order valence-electron chi connectivity index (χ0n) is 16.9. The highest BCUT2D eigenvalue weighted by Gasteiger charge is 2.37. The number of ether oxygens (including phenoxy) is 3. The van der Waals surface area contributed by atoms with Gasteiger partial charge in [0.05, 0.1) is 5.92 Å². The maximum Gasteiger partial charge on any atom is 0.316 e. The van der Waals surface area contributed by atoms with Crippen LogP contribution in [-0.4, -0.2) is 31.6 Å². The van der Waals surface area contributed by atoms with Crippen LogP contribution in [-0.2, 0) is 9.59 Å². The fraction of sp³-hybridized carbons (Fsp3) is 0.391. The topological polar surface area (TPSA) is 65.1 Å². The van der Waals surface area contributed by atoms with E-state index < -0.39 is 5.92 Å². The average molecular weight is 395 g/mol. The summed E-state index contributed by atoms with van der Waals surface area (Å²) in [6, 6.07) is 11.1. The van der Waals surface area contributed by atoms with Gasteiger partial charge in [0.1, 0.15) is 19.0 Å². The third-order valence-corrected chi connectivity index (χ3v) is 5.38. The number of hydrogen-bond donors (Lipinski definition) is 0. The summed E-state index contributed by atoms with van der Waals surface area (Å²) in [6.07, 6.45) is 0.135. The second-order valence-corrected chi connectivity index (χ2v) is 7.83. The molecule has 2 aromatic carbocycles. The number of nitrogens with zero attached hydrogens (tertiary/aromatic N) is 1. The number of anilines is 1. The van der Waals surface area contributed by atoms with Crippen LogP contribution in [0.4, 0.5) is 5.69 Å². The van der Waals surface area contributed by atoms with Crippen molar-refractivity contribution in [3.8, 4) is 17.2 Å². The first-order valence-electron chi connectivity index (χ1n) is 9.94. The molecule has 2 aliphatic rings. The van der Waals surface area contributed by atoms with E-state index in [4.69, 9.17) is 14.2 Å². The SMILES string of the molecule is Cc1cc(OC(=O)[C@@H]2CC(=O)N(c3ccc4c(c3)OCCO4)C2)ccc1C(C)C. The summed E-state index contributed by atoms with van der Waals surface area (Å²) in [7, 11) is 0. The fourth-order valence-corrected chi connectivity index (χ4v) is 3.87. The van der Waals surface area contributed by atoms with Crippen LogP contribution in [0.15, 0.2) is 36.4 Å². The summed E-state index contributed by atoms with van der Waals surface area (Å²) < 4.78 is 16.7. The Morgan fingerprint density at radius 2 is 1.86 bits per heavy atom. The predicted molar refractivity (Wildman–Crippen MR) is 109 cm³/mol. The molecule has 2 aromatic rings. The molecule has 0 bridgehead atoms. The van der Waals surface area contributed by atoms with E-state index in [0.717, 1.165) is 5.56 Å². The lowest BCUT2D eigenvalue weighted by atomic mass is 9.98. The van der Waals surface area contributed by atoms with E-state index in [0.29, 0.717) is 48.6 Å². The molecule has 4 rings (SSSR count). The third-order valence-electron chi connectivity index (χ3n) is 5.38.